The minimum Gasteiger partial charge on any atom is -0.392 e. The van der Waals surface area contributed by atoms with E-state index in [0.717, 1.165) is 22.4 Å². The van der Waals surface area contributed by atoms with E-state index in [-0.39, 0.29) is 6.10 Å². The fourth-order valence-corrected chi connectivity index (χ4v) is 3.47. The molecule has 3 heteroatoms. The molecule has 1 N–H and O–H groups in total. The van der Waals surface area contributed by atoms with Gasteiger partial charge in [0, 0.05) is 10.2 Å². The summed E-state index contributed by atoms with van der Waals surface area (Å²) in [6, 6.07) is 8.26. The Hall–Kier alpha value is 0.01000. The zero-order valence-corrected chi connectivity index (χ0v) is 10.2. The summed E-state index contributed by atoms with van der Waals surface area (Å²) >= 11 is 5.39. The number of aliphatic hydroxyl groups is 1. The highest BCUT2D eigenvalue weighted by Crippen LogP contribution is 2.29. The minimum absolute atomic E-state index is 0.118. The number of hydrogen-bond donors (Lipinski definition) is 1. The van der Waals surface area contributed by atoms with Crippen LogP contribution >= 0.6 is 27.7 Å². The van der Waals surface area contributed by atoms with Crippen LogP contribution in [-0.4, -0.2) is 22.7 Å². The Morgan fingerprint density at radius 2 is 2.14 bits per heavy atom. The van der Waals surface area contributed by atoms with Gasteiger partial charge >= 0.3 is 0 Å². The quantitative estimate of drug-likeness (QED) is 0.894. The third-order valence-corrected chi connectivity index (χ3v) is 4.62. The smallest absolute Gasteiger partial charge is 0.0669 e. The molecule has 2 unspecified atom stereocenters. The summed E-state index contributed by atoms with van der Waals surface area (Å²) in [7, 11) is 0. The maximum Gasteiger partial charge on any atom is 0.0669 e. The minimum atomic E-state index is -0.118. The van der Waals surface area contributed by atoms with Crippen molar-refractivity contribution < 1.29 is 5.11 Å². The maximum atomic E-state index is 9.71. The van der Waals surface area contributed by atoms with Crippen LogP contribution in [0.1, 0.15) is 5.56 Å². The molecule has 2 rings (SSSR count). The molecule has 0 saturated carbocycles. The van der Waals surface area contributed by atoms with Crippen LogP contribution in [0.25, 0.3) is 0 Å². The molecule has 0 bridgehead atoms. The van der Waals surface area contributed by atoms with E-state index >= 15 is 0 Å². The van der Waals surface area contributed by atoms with Crippen LogP contribution in [0.5, 0.6) is 0 Å². The second kappa shape index (κ2) is 4.69. The van der Waals surface area contributed by atoms with Crippen molar-refractivity contribution in [3.8, 4) is 0 Å². The molecule has 76 valence electrons. The molecule has 2 atom stereocenters. The molecule has 1 aliphatic heterocycles. The molecule has 0 amide bonds. The fraction of sp³-hybridized carbons (Fsp3) is 0.455. The molecule has 0 spiro atoms. The van der Waals surface area contributed by atoms with Gasteiger partial charge in [0.25, 0.3) is 0 Å². The zero-order valence-electron chi connectivity index (χ0n) is 7.82. The summed E-state index contributed by atoms with van der Waals surface area (Å²) in [5.74, 6) is 2.41. The lowest BCUT2D eigenvalue weighted by Crippen LogP contribution is -2.20. The summed E-state index contributed by atoms with van der Waals surface area (Å²) in [5.41, 5.74) is 1.30. The molecule has 1 heterocycles. The fourth-order valence-electron chi connectivity index (χ4n) is 1.73. The van der Waals surface area contributed by atoms with E-state index in [1.165, 1.54) is 5.56 Å². The molecule has 1 aromatic rings. The van der Waals surface area contributed by atoms with Gasteiger partial charge < -0.3 is 5.11 Å². The first-order valence-electron chi connectivity index (χ1n) is 4.76. The lowest BCUT2D eigenvalue weighted by atomic mass is 9.97. The van der Waals surface area contributed by atoms with E-state index in [9.17, 15) is 5.11 Å². The van der Waals surface area contributed by atoms with Crippen molar-refractivity contribution in [3.63, 3.8) is 0 Å². The van der Waals surface area contributed by atoms with Crippen LogP contribution in [0.15, 0.2) is 28.7 Å². The van der Waals surface area contributed by atoms with Gasteiger partial charge in [-0.05, 0) is 29.7 Å². The summed E-state index contributed by atoms with van der Waals surface area (Å²) in [4.78, 5) is 0. The highest BCUT2D eigenvalue weighted by Gasteiger charge is 2.26. The normalized spacial score (nSPS) is 26.7. The predicted molar refractivity (Wildman–Crippen MR) is 64.7 cm³/mol. The highest BCUT2D eigenvalue weighted by atomic mass is 79.9. The van der Waals surface area contributed by atoms with Crippen molar-refractivity contribution in [3.05, 3.63) is 34.3 Å². The van der Waals surface area contributed by atoms with Crippen molar-refractivity contribution >= 4 is 27.7 Å². The summed E-state index contributed by atoms with van der Waals surface area (Å²) in [6.07, 6.45) is 0.863. The first-order valence-corrected chi connectivity index (χ1v) is 6.71. The second-order valence-corrected chi connectivity index (χ2v) is 5.59. The first-order chi connectivity index (χ1) is 6.77. The van der Waals surface area contributed by atoms with Gasteiger partial charge in [-0.1, -0.05) is 34.1 Å². The molecule has 1 fully saturated rings. The number of hydrogen-bond acceptors (Lipinski definition) is 2. The van der Waals surface area contributed by atoms with Crippen molar-refractivity contribution in [2.75, 3.05) is 11.5 Å². The molecule has 0 radical (unpaired) electrons. The Balaban J connectivity index is 2.07. The third kappa shape index (κ3) is 2.33. The Bertz CT molecular complexity index is 316. The Morgan fingerprint density at radius 3 is 2.79 bits per heavy atom. The summed E-state index contributed by atoms with van der Waals surface area (Å²) in [6.45, 7) is 0. The zero-order chi connectivity index (χ0) is 9.97. The number of rotatable bonds is 2. The maximum absolute atomic E-state index is 9.71. The van der Waals surface area contributed by atoms with Crippen LogP contribution in [0.3, 0.4) is 0 Å². The van der Waals surface area contributed by atoms with E-state index in [1.807, 2.05) is 17.8 Å². The first kappa shape index (κ1) is 10.5. The summed E-state index contributed by atoms with van der Waals surface area (Å²) in [5, 5.41) is 9.71. The number of aliphatic hydroxyl groups excluding tert-OH is 1. The van der Waals surface area contributed by atoms with Gasteiger partial charge in [-0.3, -0.25) is 0 Å². The third-order valence-electron chi connectivity index (χ3n) is 2.60. The van der Waals surface area contributed by atoms with Crippen LogP contribution in [0.2, 0.25) is 0 Å². The van der Waals surface area contributed by atoms with Crippen LogP contribution in [0.4, 0.5) is 0 Å². The van der Waals surface area contributed by atoms with Crippen LogP contribution in [-0.2, 0) is 6.42 Å². The van der Waals surface area contributed by atoms with Crippen LogP contribution < -0.4 is 0 Å². The molecular weight excluding hydrogens is 260 g/mol. The second-order valence-electron chi connectivity index (χ2n) is 3.66. The largest absolute Gasteiger partial charge is 0.392 e. The molecule has 1 aromatic carbocycles. The van der Waals surface area contributed by atoms with Gasteiger partial charge in [0.15, 0.2) is 0 Å². The SMILES string of the molecule is OC1CSCC1Cc1ccccc1Br. The molecule has 14 heavy (non-hydrogen) atoms. The molecule has 0 aliphatic carbocycles. The van der Waals surface area contributed by atoms with E-state index < -0.39 is 0 Å². The predicted octanol–water partition coefficient (Wildman–Crippen LogP) is 2.72. The standard InChI is InChI=1S/C11H13BrOS/c12-10-4-2-1-3-8(10)5-9-6-14-7-11(9)13/h1-4,9,11,13H,5-7H2. The van der Waals surface area contributed by atoms with Crippen molar-refractivity contribution in [1.82, 2.24) is 0 Å². The summed E-state index contributed by atoms with van der Waals surface area (Å²) < 4.78 is 1.16. The van der Waals surface area contributed by atoms with Crippen molar-refractivity contribution in [1.29, 1.82) is 0 Å². The lowest BCUT2D eigenvalue weighted by Gasteiger charge is -2.14. The van der Waals surface area contributed by atoms with E-state index in [0.29, 0.717) is 5.92 Å². The Kier molecular flexibility index (Phi) is 3.52. The number of halogens is 1. The molecule has 1 saturated heterocycles. The van der Waals surface area contributed by atoms with Crippen LogP contribution in [0, 0.1) is 5.92 Å². The van der Waals surface area contributed by atoms with E-state index in [1.54, 1.807) is 0 Å². The van der Waals surface area contributed by atoms with Gasteiger partial charge in [-0.15, -0.1) is 0 Å². The van der Waals surface area contributed by atoms with E-state index in [4.69, 9.17) is 0 Å². The van der Waals surface area contributed by atoms with E-state index in [2.05, 4.69) is 34.1 Å². The highest BCUT2D eigenvalue weighted by molar-refractivity contribution is 9.10. The van der Waals surface area contributed by atoms with Gasteiger partial charge in [-0.2, -0.15) is 11.8 Å². The molecular formula is C11H13BrOS. The molecule has 1 nitrogen and oxygen atoms in total. The number of benzene rings is 1. The Morgan fingerprint density at radius 1 is 1.36 bits per heavy atom. The van der Waals surface area contributed by atoms with Crippen molar-refractivity contribution in [2.45, 2.75) is 12.5 Å². The molecule has 0 aromatic heterocycles. The van der Waals surface area contributed by atoms with Gasteiger partial charge in [0.05, 0.1) is 6.10 Å². The number of thioether (sulfide) groups is 1. The van der Waals surface area contributed by atoms with Gasteiger partial charge in [0.2, 0.25) is 0 Å². The lowest BCUT2D eigenvalue weighted by molar-refractivity contribution is 0.150. The monoisotopic (exact) mass is 272 g/mol. The topological polar surface area (TPSA) is 20.2 Å². The van der Waals surface area contributed by atoms with Gasteiger partial charge in [0.1, 0.15) is 0 Å². The van der Waals surface area contributed by atoms with Crippen molar-refractivity contribution in [2.24, 2.45) is 5.92 Å². The Labute approximate surface area is 97.0 Å². The molecule has 1 aliphatic rings. The average Bonchev–Trinajstić information content (AvgIpc) is 2.56. The van der Waals surface area contributed by atoms with Gasteiger partial charge in [-0.25, -0.2) is 0 Å². The average molecular weight is 273 g/mol.